The van der Waals surface area contributed by atoms with Crippen LogP contribution in [-0.4, -0.2) is 21.6 Å². The average molecular weight is 323 g/mol. The monoisotopic (exact) mass is 323 g/mol. The second kappa shape index (κ2) is 6.35. The first-order valence-corrected chi connectivity index (χ1v) is 7.97. The van der Waals surface area contributed by atoms with E-state index in [1.54, 1.807) is 23.2 Å². The van der Waals surface area contributed by atoms with Crippen LogP contribution in [0.4, 0.5) is 0 Å². The summed E-state index contributed by atoms with van der Waals surface area (Å²) in [6.45, 7) is 2.48. The molecule has 1 amide bonds. The molecule has 0 saturated carbocycles. The third-order valence-electron chi connectivity index (χ3n) is 4.43. The molecule has 0 fully saturated rings. The van der Waals surface area contributed by atoms with Crippen LogP contribution in [0.1, 0.15) is 21.5 Å². The second-order valence-electron chi connectivity index (χ2n) is 6.04. The molecule has 0 bridgehead atoms. The summed E-state index contributed by atoms with van der Waals surface area (Å²) < 4.78 is 3.28. The minimum Gasteiger partial charge on any atom is -0.352 e. The molecule has 0 aliphatic heterocycles. The van der Waals surface area contributed by atoms with Crippen LogP contribution in [0.25, 0.3) is 11.0 Å². The molecule has 124 valence electrons. The highest BCUT2D eigenvalue weighted by molar-refractivity contribution is 5.95. The largest absolute Gasteiger partial charge is 0.352 e. The lowest BCUT2D eigenvalue weighted by Gasteiger charge is -2.08. The summed E-state index contributed by atoms with van der Waals surface area (Å²) in [6.07, 6.45) is 0.719. The number of carbonyl (C=O) groups excluding carboxylic acids is 1. The van der Waals surface area contributed by atoms with E-state index in [1.165, 1.54) is 0 Å². The molecular formula is C19H21N3O2. The highest BCUT2D eigenvalue weighted by Gasteiger charge is 2.09. The van der Waals surface area contributed by atoms with Crippen LogP contribution in [0, 0.1) is 6.92 Å². The van der Waals surface area contributed by atoms with Gasteiger partial charge in [0.1, 0.15) is 0 Å². The highest BCUT2D eigenvalue weighted by atomic mass is 16.2. The summed E-state index contributed by atoms with van der Waals surface area (Å²) in [5, 5.41) is 2.95. The van der Waals surface area contributed by atoms with Crippen LogP contribution in [0.2, 0.25) is 0 Å². The Morgan fingerprint density at radius 2 is 1.75 bits per heavy atom. The van der Waals surface area contributed by atoms with E-state index in [4.69, 9.17) is 0 Å². The van der Waals surface area contributed by atoms with E-state index in [0.29, 0.717) is 12.1 Å². The molecule has 0 saturated heterocycles. The molecule has 5 nitrogen and oxygen atoms in total. The molecule has 1 aromatic heterocycles. The zero-order valence-electron chi connectivity index (χ0n) is 14.2. The van der Waals surface area contributed by atoms with Crippen molar-refractivity contribution in [2.45, 2.75) is 13.3 Å². The van der Waals surface area contributed by atoms with Crippen LogP contribution >= 0.6 is 0 Å². The quantitative estimate of drug-likeness (QED) is 0.800. The van der Waals surface area contributed by atoms with Gasteiger partial charge in [0.15, 0.2) is 0 Å². The number of rotatable bonds is 4. The molecule has 1 N–H and O–H groups in total. The number of hydrogen-bond donors (Lipinski definition) is 1. The molecule has 3 aromatic rings. The minimum absolute atomic E-state index is 0.0324. The summed E-state index contributed by atoms with van der Waals surface area (Å²) in [4.78, 5) is 24.2. The zero-order chi connectivity index (χ0) is 17.3. The van der Waals surface area contributed by atoms with Crippen molar-refractivity contribution >= 4 is 16.9 Å². The smallest absolute Gasteiger partial charge is 0.328 e. The number of aryl methyl sites for hydroxylation is 3. The summed E-state index contributed by atoms with van der Waals surface area (Å²) in [6, 6.07) is 13.5. The Morgan fingerprint density at radius 3 is 2.50 bits per heavy atom. The molecule has 0 radical (unpaired) electrons. The van der Waals surface area contributed by atoms with Crippen LogP contribution in [-0.2, 0) is 20.5 Å². The topological polar surface area (TPSA) is 56.0 Å². The van der Waals surface area contributed by atoms with Gasteiger partial charge in [-0.2, -0.15) is 0 Å². The molecule has 0 spiro atoms. The Morgan fingerprint density at radius 1 is 1.04 bits per heavy atom. The molecule has 0 aliphatic rings. The van der Waals surface area contributed by atoms with E-state index in [0.717, 1.165) is 28.6 Å². The van der Waals surface area contributed by atoms with E-state index in [2.05, 4.69) is 5.32 Å². The predicted molar refractivity (Wildman–Crippen MR) is 95.4 cm³/mol. The Balaban J connectivity index is 1.70. The van der Waals surface area contributed by atoms with E-state index in [9.17, 15) is 9.59 Å². The fourth-order valence-electron chi connectivity index (χ4n) is 2.95. The van der Waals surface area contributed by atoms with Crippen molar-refractivity contribution in [2.75, 3.05) is 6.54 Å². The van der Waals surface area contributed by atoms with Gasteiger partial charge in [0.05, 0.1) is 11.0 Å². The van der Waals surface area contributed by atoms with Crippen molar-refractivity contribution in [2.24, 2.45) is 14.1 Å². The number of nitrogens with one attached hydrogen (secondary N) is 1. The van der Waals surface area contributed by atoms with Crippen molar-refractivity contribution in [3.05, 3.63) is 69.6 Å². The Labute approximate surface area is 140 Å². The number of carbonyl (C=O) groups is 1. The number of fused-ring (bicyclic) bond motifs is 1. The first-order valence-electron chi connectivity index (χ1n) is 7.97. The van der Waals surface area contributed by atoms with E-state index in [1.807, 2.05) is 49.4 Å². The fraction of sp³-hybridized carbons (Fsp3) is 0.263. The van der Waals surface area contributed by atoms with Crippen molar-refractivity contribution < 1.29 is 4.79 Å². The maximum Gasteiger partial charge on any atom is 0.328 e. The fourth-order valence-corrected chi connectivity index (χ4v) is 2.95. The number of nitrogens with zero attached hydrogens (tertiary/aromatic N) is 2. The van der Waals surface area contributed by atoms with Crippen molar-refractivity contribution in [1.29, 1.82) is 0 Å². The molecule has 0 unspecified atom stereocenters. The Hall–Kier alpha value is -2.82. The van der Waals surface area contributed by atoms with Gasteiger partial charge in [-0.25, -0.2) is 4.79 Å². The molecule has 0 atom stereocenters. The van der Waals surface area contributed by atoms with Gasteiger partial charge in [-0.1, -0.05) is 24.3 Å². The average Bonchev–Trinajstić information content (AvgIpc) is 2.79. The van der Waals surface area contributed by atoms with Gasteiger partial charge in [-0.05, 0) is 42.7 Å². The molecule has 3 rings (SSSR count). The normalized spacial score (nSPS) is 11.0. The highest BCUT2D eigenvalue weighted by Crippen LogP contribution is 2.14. The summed E-state index contributed by atoms with van der Waals surface area (Å²) in [7, 11) is 3.54. The summed E-state index contributed by atoms with van der Waals surface area (Å²) >= 11 is 0. The van der Waals surface area contributed by atoms with Gasteiger partial charge < -0.3 is 5.32 Å². The van der Waals surface area contributed by atoms with Crippen molar-refractivity contribution in [3.63, 3.8) is 0 Å². The van der Waals surface area contributed by atoms with Gasteiger partial charge >= 0.3 is 5.69 Å². The standard InChI is InChI=1S/C19H21N3O2/c1-13-6-4-5-7-15(13)18(23)20-11-10-14-8-9-16-17(12-14)22(3)19(24)21(16)2/h4-9,12H,10-11H2,1-3H3,(H,20,23). The van der Waals surface area contributed by atoms with Gasteiger partial charge in [0.2, 0.25) is 0 Å². The van der Waals surface area contributed by atoms with Gasteiger partial charge in [-0.15, -0.1) is 0 Å². The van der Waals surface area contributed by atoms with Crippen LogP contribution < -0.4 is 11.0 Å². The molecule has 24 heavy (non-hydrogen) atoms. The number of imidazole rings is 1. The number of amides is 1. The van der Waals surface area contributed by atoms with Crippen LogP contribution in [0.5, 0.6) is 0 Å². The lowest BCUT2D eigenvalue weighted by Crippen LogP contribution is -2.26. The zero-order valence-corrected chi connectivity index (χ0v) is 14.2. The van der Waals surface area contributed by atoms with Crippen molar-refractivity contribution in [1.82, 2.24) is 14.5 Å². The predicted octanol–water partition coefficient (Wildman–Crippen LogP) is 2.16. The van der Waals surface area contributed by atoms with Crippen molar-refractivity contribution in [3.8, 4) is 0 Å². The van der Waals surface area contributed by atoms with Crippen LogP contribution in [0.3, 0.4) is 0 Å². The first kappa shape index (κ1) is 16.1. The van der Waals surface area contributed by atoms with E-state index >= 15 is 0 Å². The Bertz CT molecular complexity index is 966. The third kappa shape index (κ3) is 2.85. The van der Waals surface area contributed by atoms with Gasteiger partial charge in [0, 0.05) is 26.2 Å². The maximum atomic E-state index is 12.2. The molecule has 0 aliphatic carbocycles. The van der Waals surface area contributed by atoms with Gasteiger partial charge in [0.25, 0.3) is 5.91 Å². The Kier molecular flexibility index (Phi) is 4.25. The van der Waals surface area contributed by atoms with Gasteiger partial charge in [-0.3, -0.25) is 13.9 Å². The van der Waals surface area contributed by atoms with E-state index < -0.39 is 0 Å². The minimum atomic E-state index is -0.0544. The lowest BCUT2D eigenvalue weighted by atomic mass is 10.1. The number of benzene rings is 2. The molecule has 1 heterocycles. The second-order valence-corrected chi connectivity index (χ2v) is 6.04. The maximum absolute atomic E-state index is 12.2. The summed E-state index contributed by atoms with van der Waals surface area (Å²) in [5.41, 5.74) is 4.55. The van der Waals surface area contributed by atoms with E-state index in [-0.39, 0.29) is 11.6 Å². The molecule has 5 heteroatoms. The molecular weight excluding hydrogens is 302 g/mol. The first-order chi connectivity index (χ1) is 11.5. The third-order valence-corrected chi connectivity index (χ3v) is 4.43. The summed E-state index contributed by atoms with van der Waals surface area (Å²) in [5.74, 6) is -0.0544. The SMILES string of the molecule is Cc1ccccc1C(=O)NCCc1ccc2c(c1)n(C)c(=O)n2C. The molecule has 2 aromatic carbocycles. The number of aromatic nitrogens is 2. The van der Waals surface area contributed by atoms with Crippen LogP contribution in [0.15, 0.2) is 47.3 Å². The lowest BCUT2D eigenvalue weighted by molar-refractivity contribution is 0.0953. The number of hydrogen-bond acceptors (Lipinski definition) is 2.